The number of methoxy groups -OCH3 is 2. The zero-order chi connectivity index (χ0) is 21.3. The van der Waals surface area contributed by atoms with Gasteiger partial charge in [-0.15, -0.1) is 0 Å². The van der Waals surface area contributed by atoms with E-state index in [4.69, 9.17) is 13.9 Å². The number of fused-ring (bicyclic) bond motifs is 1. The fourth-order valence-corrected chi connectivity index (χ4v) is 4.02. The average molecular weight is 398 g/mol. The fraction of sp³-hybridized carbons (Fsp3) is 0.391. The number of rotatable bonds is 6. The van der Waals surface area contributed by atoms with Gasteiger partial charge < -0.3 is 19.0 Å². The molecule has 0 amide bonds. The lowest BCUT2D eigenvalue weighted by Crippen LogP contribution is -2.41. The van der Waals surface area contributed by atoms with Gasteiger partial charge in [0, 0.05) is 23.3 Å². The molecule has 6 heteroatoms. The molecule has 0 aliphatic heterocycles. The van der Waals surface area contributed by atoms with E-state index < -0.39 is 5.41 Å². The molecule has 2 aromatic rings. The maximum atomic E-state index is 13.3. The molecule has 29 heavy (non-hydrogen) atoms. The molecule has 0 saturated heterocycles. The Bertz CT molecular complexity index is 1020. The van der Waals surface area contributed by atoms with Crippen LogP contribution in [0.4, 0.5) is 0 Å². The molecule has 1 aromatic carbocycles. The molecule has 0 fully saturated rings. The largest absolute Gasteiger partial charge is 0.507 e. The number of benzene rings is 1. The summed E-state index contributed by atoms with van der Waals surface area (Å²) < 4.78 is 16.8. The van der Waals surface area contributed by atoms with E-state index in [2.05, 4.69) is 0 Å². The van der Waals surface area contributed by atoms with Gasteiger partial charge in [0.1, 0.15) is 34.3 Å². The van der Waals surface area contributed by atoms with Crippen LogP contribution in [0.2, 0.25) is 0 Å². The zero-order valence-corrected chi connectivity index (χ0v) is 17.4. The standard InChI is InChI=1S/C23H26O6/c1-6-16-20(25)19-17(24)12-18(13-9-14(27-4)11-15(10-13)28-5)29-22(19)23(7-2,8-3)21(16)26/h9-12,25H,6-8H2,1-5H3. The monoisotopic (exact) mass is 398 g/mol. The van der Waals surface area contributed by atoms with Crippen molar-refractivity contribution < 1.29 is 23.8 Å². The molecule has 3 rings (SSSR count). The summed E-state index contributed by atoms with van der Waals surface area (Å²) >= 11 is 0. The predicted molar refractivity (Wildman–Crippen MR) is 111 cm³/mol. The highest BCUT2D eigenvalue weighted by Gasteiger charge is 2.48. The first-order chi connectivity index (χ1) is 13.9. The molecule has 6 nitrogen and oxygen atoms in total. The third-order valence-electron chi connectivity index (χ3n) is 5.81. The molecule has 0 unspecified atom stereocenters. The quantitative estimate of drug-likeness (QED) is 0.763. The van der Waals surface area contributed by atoms with Crippen molar-refractivity contribution in [3.05, 3.63) is 51.4 Å². The number of hydrogen-bond acceptors (Lipinski definition) is 6. The number of hydrogen-bond donors (Lipinski definition) is 1. The number of carbonyl (C=O) groups is 1. The lowest BCUT2D eigenvalue weighted by molar-refractivity contribution is -0.122. The summed E-state index contributed by atoms with van der Waals surface area (Å²) in [5.74, 6) is 1.16. The maximum absolute atomic E-state index is 13.3. The third-order valence-corrected chi connectivity index (χ3v) is 5.81. The SMILES string of the molecule is CCC1=C(O)c2c(oc(-c3cc(OC)cc(OC)c3)cc2=O)C(CC)(CC)C1=O. The van der Waals surface area contributed by atoms with Crippen LogP contribution in [0.1, 0.15) is 51.4 Å². The smallest absolute Gasteiger partial charge is 0.196 e. The molecule has 0 radical (unpaired) electrons. The van der Waals surface area contributed by atoms with Crippen LogP contribution in [0.15, 0.2) is 39.1 Å². The van der Waals surface area contributed by atoms with E-state index in [0.29, 0.717) is 36.3 Å². The summed E-state index contributed by atoms with van der Waals surface area (Å²) in [6.45, 7) is 5.58. The number of ether oxygens (including phenoxy) is 2. The minimum absolute atomic E-state index is 0.0868. The fourth-order valence-electron chi connectivity index (χ4n) is 4.02. The second-order valence-electron chi connectivity index (χ2n) is 7.08. The second-order valence-corrected chi connectivity index (χ2v) is 7.08. The molecular formula is C23H26O6. The van der Waals surface area contributed by atoms with Crippen LogP contribution in [0, 0.1) is 0 Å². The zero-order valence-electron chi connectivity index (χ0n) is 17.4. The predicted octanol–water partition coefficient (Wildman–Crippen LogP) is 4.64. The van der Waals surface area contributed by atoms with Crippen LogP contribution >= 0.6 is 0 Å². The van der Waals surface area contributed by atoms with E-state index in [-0.39, 0.29) is 39.6 Å². The Kier molecular flexibility index (Phi) is 5.55. The number of ketones is 1. The van der Waals surface area contributed by atoms with Crippen LogP contribution in [0.3, 0.4) is 0 Å². The van der Waals surface area contributed by atoms with Gasteiger partial charge >= 0.3 is 0 Å². The molecule has 0 saturated carbocycles. The molecule has 1 N–H and O–H groups in total. The summed E-state index contributed by atoms with van der Waals surface area (Å²) in [6, 6.07) is 6.51. The van der Waals surface area contributed by atoms with Gasteiger partial charge in [0.15, 0.2) is 11.2 Å². The summed E-state index contributed by atoms with van der Waals surface area (Å²) in [6.07, 6.45) is 1.26. The summed E-state index contributed by atoms with van der Waals surface area (Å²) in [5.41, 5.74) is -0.414. The first-order valence-electron chi connectivity index (χ1n) is 9.76. The van der Waals surface area contributed by atoms with Crippen LogP contribution in [0.5, 0.6) is 11.5 Å². The summed E-state index contributed by atoms with van der Waals surface area (Å²) in [4.78, 5) is 26.3. The van der Waals surface area contributed by atoms with Crippen molar-refractivity contribution in [3.8, 4) is 22.8 Å². The highest BCUT2D eigenvalue weighted by Crippen LogP contribution is 2.45. The molecular weight excluding hydrogens is 372 g/mol. The van der Waals surface area contributed by atoms with Gasteiger partial charge in [-0.25, -0.2) is 0 Å². The first kappa shape index (κ1) is 20.7. The minimum Gasteiger partial charge on any atom is -0.507 e. The summed E-state index contributed by atoms with van der Waals surface area (Å²) in [5, 5.41) is 10.7. The van der Waals surface area contributed by atoms with E-state index in [1.165, 1.54) is 20.3 Å². The van der Waals surface area contributed by atoms with Crippen LogP contribution in [0.25, 0.3) is 17.1 Å². The molecule has 0 atom stereocenters. The van der Waals surface area contributed by atoms with Crippen LogP contribution < -0.4 is 14.9 Å². The van der Waals surface area contributed by atoms with Crippen LogP contribution in [-0.4, -0.2) is 25.1 Å². The Hall–Kier alpha value is -3.02. The van der Waals surface area contributed by atoms with E-state index in [1.807, 2.05) is 13.8 Å². The molecule has 0 spiro atoms. The highest BCUT2D eigenvalue weighted by molar-refractivity contribution is 6.10. The lowest BCUT2D eigenvalue weighted by atomic mass is 9.68. The lowest BCUT2D eigenvalue weighted by Gasteiger charge is -2.35. The van der Waals surface area contributed by atoms with Crippen molar-refractivity contribution in [1.29, 1.82) is 0 Å². The Balaban J connectivity index is 2.35. The molecule has 1 heterocycles. The maximum Gasteiger partial charge on any atom is 0.196 e. The Morgan fingerprint density at radius 1 is 0.966 bits per heavy atom. The molecule has 1 aromatic heterocycles. The third kappa shape index (κ3) is 3.12. The number of aliphatic hydroxyl groups excluding tert-OH is 1. The molecule has 1 aliphatic rings. The summed E-state index contributed by atoms with van der Waals surface area (Å²) in [7, 11) is 3.07. The molecule has 1 aliphatic carbocycles. The second kappa shape index (κ2) is 7.78. The Morgan fingerprint density at radius 3 is 2.03 bits per heavy atom. The Labute approximate surface area is 169 Å². The van der Waals surface area contributed by atoms with Crippen molar-refractivity contribution in [2.75, 3.05) is 14.2 Å². The van der Waals surface area contributed by atoms with Crippen molar-refractivity contribution in [2.24, 2.45) is 0 Å². The number of aliphatic hydroxyl groups is 1. The van der Waals surface area contributed by atoms with E-state index in [0.717, 1.165) is 0 Å². The number of allylic oxidation sites excluding steroid dienone is 1. The molecule has 0 bridgehead atoms. The van der Waals surface area contributed by atoms with E-state index in [1.54, 1.807) is 25.1 Å². The van der Waals surface area contributed by atoms with Gasteiger partial charge in [-0.2, -0.15) is 0 Å². The topological polar surface area (TPSA) is 86.0 Å². The van der Waals surface area contributed by atoms with Crippen molar-refractivity contribution in [3.63, 3.8) is 0 Å². The number of carbonyl (C=O) groups excluding carboxylic acids is 1. The van der Waals surface area contributed by atoms with Crippen LogP contribution in [-0.2, 0) is 10.2 Å². The van der Waals surface area contributed by atoms with Crippen molar-refractivity contribution >= 4 is 11.5 Å². The van der Waals surface area contributed by atoms with Gasteiger partial charge in [0.25, 0.3) is 0 Å². The van der Waals surface area contributed by atoms with E-state index >= 15 is 0 Å². The van der Waals surface area contributed by atoms with Crippen molar-refractivity contribution in [1.82, 2.24) is 0 Å². The molecule has 154 valence electrons. The van der Waals surface area contributed by atoms with Gasteiger partial charge in [-0.3, -0.25) is 9.59 Å². The van der Waals surface area contributed by atoms with Gasteiger partial charge in [0.05, 0.1) is 19.6 Å². The van der Waals surface area contributed by atoms with Crippen molar-refractivity contribution in [2.45, 2.75) is 45.4 Å². The van der Waals surface area contributed by atoms with Gasteiger partial charge in [-0.05, 0) is 31.4 Å². The highest BCUT2D eigenvalue weighted by atomic mass is 16.5. The minimum atomic E-state index is -0.981. The van der Waals surface area contributed by atoms with E-state index in [9.17, 15) is 14.7 Å². The normalized spacial score (nSPS) is 15.3. The van der Waals surface area contributed by atoms with Gasteiger partial charge in [0.2, 0.25) is 0 Å². The Morgan fingerprint density at radius 2 is 1.55 bits per heavy atom. The average Bonchev–Trinajstić information content (AvgIpc) is 2.74. The van der Waals surface area contributed by atoms with Gasteiger partial charge in [-0.1, -0.05) is 20.8 Å². The first-order valence-corrected chi connectivity index (χ1v) is 9.76. The number of Topliss-reactive ketones (excluding diaryl/α,β-unsaturated/α-hetero) is 1.